The summed E-state index contributed by atoms with van der Waals surface area (Å²) in [4.78, 5) is 4.86. The summed E-state index contributed by atoms with van der Waals surface area (Å²) in [5.74, 6) is 3.02. The molecule has 0 aromatic rings. The molecule has 2 saturated heterocycles. The van der Waals surface area contributed by atoms with E-state index in [-0.39, 0.29) is 34.6 Å². The molecular formula is C17H32IN3O2S2. The lowest BCUT2D eigenvalue weighted by Crippen LogP contribution is -2.45. The van der Waals surface area contributed by atoms with Crippen molar-refractivity contribution in [2.24, 2.45) is 10.9 Å². The lowest BCUT2D eigenvalue weighted by atomic mass is 10.1. The van der Waals surface area contributed by atoms with E-state index in [1.807, 2.05) is 11.8 Å². The molecular weight excluding hydrogens is 469 g/mol. The van der Waals surface area contributed by atoms with Crippen LogP contribution in [0.25, 0.3) is 0 Å². The second kappa shape index (κ2) is 9.48. The van der Waals surface area contributed by atoms with E-state index >= 15 is 0 Å². The van der Waals surface area contributed by atoms with Crippen LogP contribution in [-0.4, -0.2) is 55.5 Å². The Morgan fingerprint density at radius 3 is 2.60 bits per heavy atom. The molecule has 2 heterocycles. The van der Waals surface area contributed by atoms with Gasteiger partial charge in [0.1, 0.15) is 0 Å². The third-order valence-corrected chi connectivity index (χ3v) is 8.81. The number of hydrogen-bond donors (Lipinski definition) is 2. The van der Waals surface area contributed by atoms with Crippen molar-refractivity contribution in [1.29, 1.82) is 0 Å². The molecule has 146 valence electrons. The smallest absolute Gasteiger partial charge is 0.191 e. The van der Waals surface area contributed by atoms with Crippen LogP contribution in [0.2, 0.25) is 0 Å². The maximum absolute atomic E-state index is 11.6. The molecule has 2 unspecified atom stereocenters. The zero-order valence-electron chi connectivity index (χ0n) is 15.1. The number of thioether (sulfide) groups is 1. The van der Waals surface area contributed by atoms with Crippen molar-refractivity contribution in [2.75, 3.05) is 30.3 Å². The maximum atomic E-state index is 11.6. The zero-order chi connectivity index (χ0) is 17.0. The summed E-state index contributed by atoms with van der Waals surface area (Å²) in [5.41, 5.74) is 0. The van der Waals surface area contributed by atoms with Crippen LogP contribution in [0.15, 0.2) is 4.99 Å². The SMILES string of the molecule is CC1(CN=C(NCC2CCS(=O)(=O)C2)NC2CCCC2)CCCS1.I. The minimum Gasteiger partial charge on any atom is -0.356 e. The Bertz CT molecular complexity index is 556. The second-order valence-electron chi connectivity index (χ2n) is 7.84. The highest BCUT2D eigenvalue weighted by atomic mass is 127. The molecule has 0 radical (unpaired) electrons. The van der Waals surface area contributed by atoms with Crippen molar-refractivity contribution < 1.29 is 8.42 Å². The Hall–Kier alpha value is 0.300. The summed E-state index contributed by atoms with van der Waals surface area (Å²) >= 11 is 2.03. The number of aliphatic imine (C=N–C) groups is 1. The number of nitrogens with one attached hydrogen (secondary N) is 2. The summed E-state index contributed by atoms with van der Waals surface area (Å²) in [7, 11) is -2.80. The largest absolute Gasteiger partial charge is 0.356 e. The van der Waals surface area contributed by atoms with Gasteiger partial charge in [0.25, 0.3) is 0 Å². The van der Waals surface area contributed by atoms with Crippen LogP contribution in [0.1, 0.15) is 51.9 Å². The number of sulfone groups is 1. The fourth-order valence-corrected chi connectivity index (χ4v) is 6.99. The summed E-state index contributed by atoms with van der Waals surface area (Å²) in [6, 6.07) is 0.521. The predicted octanol–water partition coefficient (Wildman–Crippen LogP) is 2.80. The summed E-state index contributed by atoms with van der Waals surface area (Å²) in [6.07, 6.45) is 8.31. The molecule has 0 spiro atoms. The van der Waals surface area contributed by atoms with Crippen molar-refractivity contribution >= 4 is 51.5 Å². The van der Waals surface area contributed by atoms with Gasteiger partial charge in [0, 0.05) is 17.3 Å². The first kappa shape index (κ1) is 21.6. The molecule has 3 rings (SSSR count). The fraction of sp³-hybridized carbons (Fsp3) is 0.941. The highest BCUT2D eigenvalue weighted by Gasteiger charge is 2.30. The minimum atomic E-state index is -2.80. The number of rotatable bonds is 5. The van der Waals surface area contributed by atoms with Gasteiger partial charge in [0.2, 0.25) is 0 Å². The molecule has 0 bridgehead atoms. The molecule has 2 aliphatic heterocycles. The van der Waals surface area contributed by atoms with E-state index in [0.717, 1.165) is 18.9 Å². The van der Waals surface area contributed by atoms with Crippen molar-refractivity contribution in [3.05, 3.63) is 0 Å². The van der Waals surface area contributed by atoms with E-state index in [4.69, 9.17) is 4.99 Å². The van der Waals surface area contributed by atoms with Crippen molar-refractivity contribution in [3.63, 3.8) is 0 Å². The zero-order valence-corrected chi connectivity index (χ0v) is 19.1. The van der Waals surface area contributed by atoms with Gasteiger partial charge in [0.15, 0.2) is 15.8 Å². The highest BCUT2D eigenvalue weighted by molar-refractivity contribution is 14.0. The average Bonchev–Trinajstić information content (AvgIpc) is 3.25. The normalized spacial score (nSPS) is 32.5. The van der Waals surface area contributed by atoms with Gasteiger partial charge in [-0.25, -0.2) is 8.42 Å². The van der Waals surface area contributed by atoms with E-state index in [2.05, 4.69) is 17.6 Å². The monoisotopic (exact) mass is 501 g/mol. The van der Waals surface area contributed by atoms with Crippen molar-refractivity contribution in [1.82, 2.24) is 10.6 Å². The molecule has 0 amide bonds. The van der Waals surface area contributed by atoms with E-state index in [0.29, 0.717) is 24.1 Å². The Labute approximate surface area is 173 Å². The van der Waals surface area contributed by atoms with Gasteiger partial charge in [0.05, 0.1) is 18.1 Å². The Balaban J connectivity index is 0.00000225. The average molecular weight is 502 g/mol. The standard InChI is InChI=1S/C17H31N3O2S2.HI/c1-17(8-4-9-23-17)13-19-16(20-15-5-2-3-6-15)18-11-14-7-10-24(21,22)12-14;/h14-15H,2-13H2,1H3,(H2,18,19,20);1H. The van der Waals surface area contributed by atoms with Gasteiger partial charge >= 0.3 is 0 Å². The van der Waals surface area contributed by atoms with Gasteiger partial charge in [-0.3, -0.25) is 4.99 Å². The summed E-state index contributed by atoms with van der Waals surface area (Å²) in [5, 5.41) is 7.01. The van der Waals surface area contributed by atoms with Gasteiger partial charge in [-0.2, -0.15) is 11.8 Å². The van der Waals surface area contributed by atoms with Crippen LogP contribution in [0.5, 0.6) is 0 Å². The first-order chi connectivity index (χ1) is 11.4. The van der Waals surface area contributed by atoms with Gasteiger partial charge in [-0.15, -0.1) is 24.0 Å². The third-order valence-electron chi connectivity index (χ3n) is 5.45. The number of nitrogens with zero attached hydrogens (tertiary/aromatic N) is 1. The van der Waals surface area contributed by atoms with Gasteiger partial charge in [-0.1, -0.05) is 12.8 Å². The number of guanidine groups is 1. The van der Waals surface area contributed by atoms with Crippen LogP contribution < -0.4 is 10.6 Å². The first-order valence-electron chi connectivity index (χ1n) is 9.33. The molecule has 2 atom stereocenters. The van der Waals surface area contributed by atoms with E-state index in [1.165, 1.54) is 44.3 Å². The van der Waals surface area contributed by atoms with Gasteiger partial charge in [-0.05, 0) is 50.7 Å². The number of hydrogen-bond acceptors (Lipinski definition) is 4. The first-order valence-corrected chi connectivity index (χ1v) is 12.1. The minimum absolute atomic E-state index is 0. The molecule has 2 N–H and O–H groups in total. The number of halogens is 1. The van der Waals surface area contributed by atoms with Crippen LogP contribution in [0.4, 0.5) is 0 Å². The molecule has 1 aliphatic carbocycles. The lowest BCUT2D eigenvalue weighted by molar-refractivity contribution is 0.549. The van der Waals surface area contributed by atoms with Crippen molar-refractivity contribution in [2.45, 2.75) is 62.7 Å². The molecule has 25 heavy (non-hydrogen) atoms. The topological polar surface area (TPSA) is 70.6 Å². The van der Waals surface area contributed by atoms with E-state index in [9.17, 15) is 8.42 Å². The van der Waals surface area contributed by atoms with Crippen LogP contribution in [0, 0.1) is 5.92 Å². The third kappa shape index (κ3) is 6.75. The Kier molecular flexibility index (Phi) is 8.19. The molecule has 3 aliphatic rings. The Morgan fingerprint density at radius 1 is 1.24 bits per heavy atom. The highest BCUT2D eigenvalue weighted by Crippen LogP contribution is 2.37. The quantitative estimate of drug-likeness (QED) is 0.345. The van der Waals surface area contributed by atoms with E-state index < -0.39 is 9.84 Å². The molecule has 3 fully saturated rings. The summed E-state index contributed by atoms with van der Waals surface area (Å²) in [6.45, 7) is 3.86. The fourth-order valence-electron chi connectivity index (χ4n) is 3.90. The summed E-state index contributed by atoms with van der Waals surface area (Å²) < 4.78 is 23.5. The molecule has 8 heteroatoms. The van der Waals surface area contributed by atoms with Crippen LogP contribution in [0.3, 0.4) is 0 Å². The van der Waals surface area contributed by atoms with Crippen molar-refractivity contribution in [3.8, 4) is 0 Å². The molecule has 0 aromatic carbocycles. The molecule has 0 aromatic heterocycles. The van der Waals surface area contributed by atoms with Gasteiger partial charge < -0.3 is 10.6 Å². The molecule has 5 nitrogen and oxygen atoms in total. The predicted molar refractivity (Wildman–Crippen MR) is 118 cm³/mol. The maximum Gasteiger partial charge on any atom is 0.191 e. The van der Waals surface area contributed by atoms with Crippen LogP contribution >= 0.6 is 35.7 Å². The Morgan fingerprint density at radius 2 is 2.00 bits per heavy atom. The second-order valence-corrected chi connectivity index (χ2v) is 11.8. The van der Waals surface area contributed by atoms with Crippen LogP contribution in [-0.2, 0) is 9.84 Å². The molecule has 1 saturated carbocycles. The lowest BCUT2D eigenvalue weighted by Gasteiger charge is -2.23. The van der Waals surface area contributed by atoms with E-state index in [1.54, 1.807) is 0 Å².